The summed E-state index contributed by atoms with van der Waals surface area (Å²) in [4.78, 5) is 15.4. The molecule has 1 aromatic heterocycles. The van der Waals surface area contributed by atoms with Gasteiger partial charge in [0.25, 0.3) is 5.91 Å². The molecule has 2 aromatic carbocycles. The number of anilines is 1. The van der Waals surface area contributed by atoms with Crippen molar-refractivity contribution in [3.05, 3.63) is 65.9 Å². The fourth-order valence-corrected chi connectivity index (χ4v) is 2.81. The van der Waals surface area contributed by atoms with Crippen molar-refractivity contribution in [1.82, 2.24) is 4.98 Å². The lowest BCUT2D eigenvalue weighted by Crippen LogP contribution is -2.12. The first kappa shape index (κ1) is 13.1. The molecule has 3 aromatic rings. The highest BCUT2D eigenvalue weighted by Crippen LogP contribution is 2.39. The van der Waals surface area contributed by atoms with Crippen LogP contribution in [0.3, 0.4) is 0 Å². The molecule has 22 heavy (non-hydrogen) atoms. The van der Waals surface area contributed by atoms with E-state index >= 15 is 0 Å². The number of fused-ring (bicyclic) bond motifs is 1. The van der Waals surface area contributed by atoms with Crippen molar-refractivity contribution in [1.29, 1.82) is 0 Å². The number of H-pyrrole nitrogens is 1. The zero-order valence-electron chi connectivity index (χ0n) is 12.0. The number of nitrogens with two attached hydrogens (primary N) is 1. The normalized spacial score (nSPS) is 20.0. The number of hydrogen-bond acceptors (Lipinski definition) is 2. The molecule has 4 rings (SSSR count). The predicted molar refractivity (Wildman–Crippen MR) is 88.0 cm³/mol. The Morgan fingerprint density at radius 1 is 1.14 bits per heavy atom. The summed E-state index contributed by atoms with van der Waals surface area (Å²) in [6, 6.07) is 17.9. The molecular weight excluding hydrogens is 274 g/mol. The number of carbonyl (C=O) groups excluding carboxylic acids is 1. The van der Waals surface area contributed by atoms with Gasteiger partial charge in [-0.1, -0.05) is 30.3 Å². The SMILES string of the molecule is N[C@@H]1C[C@H]1c1ccc(NC(=O)c2cc3ccccc3[nH]2)cc1. The molecule has 0 bridgehead atoms. The molecule has 1 aliphatic carbocycles. The van der Waals surface area contributed by atoms with Crippen LogP contribution in [0.4, 0.5) is 5.69 Å². The summed E-state index contributed by atoms with van der Waals surface area (Å²) < 4.78 is 0. The minimum absolute atomic E-state index is 0.132. The standard InChI is InChI=1S/C18H17N3O/c19-15-10-14(15)11-5-7-13(8-6-11)20-18(22)17-9-12-3-1-2-4-16(12)21-17/h1-9,14-15,21H,10,19H2,(H,20,22)/t14-,15+/m0/s1. The Hall–Kier alpha value is -2.59. The quantitative estimate of drug-likeness (QED) is 0.693. The fraction of sp³-hybridized carbons (Fsp3) is 0.167. The lowest BCUT2D eigenvalue weighted by Gasteiger charge is -2.05. The predicted octanol–water partition coefficient (Wildman–Crippen LogP) is 3.23. The minimum Gasteiger partial charge on any atom is -0.351 e. The number of benzene rings is 2. The second-order valence-corrected chi connectivity index (χ2v) is 5.85. The number of hydrogen-bond donors (Lipinski definition) is 3. The van der Waals surface area contributed by atoms with E-state index in [0.717, 1.165) is 23.0 Å². The molecule has 1 saturated carbocycles. The Morgan fingerprint density at radius 2 is 1.86 bits per heavy atom. The monoisotopic (exact) mass is 291 g/mol. The summed E-state index contributed by atoms with van der Waals surface area (Å²) in [6.45, 7) is 0. The van der Waals surface area contributed by atoms with Gasteiger partial charge in [-0.15, -0.1) is 0 Å². The number of aromatic nitrogens is 1. The summed E-state index contributed by atoms with van der Waals surface area (Å²) in [5, 5.41) is 3.95. The second-order valence-electron chi connectivity index (χ2n) is 5.85. The fourth-order valence-electron chi connectivity index (χ4n) is 2.81. The van der Waals surface area contributed by atoms with Gasteiger partial charge in [-0.05, 0) is 36.2 Å². The first-order chi connectivity index (χ1) is 10.7. The van der Waals surface area contributed by atoms with E-state index in [4.69, 9.17) is 5.73 Å². The van der Waals surface area contributed by atoms with Crippen molar-refractivity contribution in [2.45, 2.75) is 18.4 Å². The van der Waals surface area contributed by atoms with Crippen LogP contribution < -0.4 is 11.1 Å². The molecule has 0 aliphatic heterocycles. The maximum Gasteiger partial charge on any atom is 0.272 e. The van der Waals surface area contributed by atoms with E-state index in [1.807, 2.05) is 54.6 Å². The average molecular weight is 291 g/mol. The van der Waals surface area contributed by atoms with Gasteiger partial charge in [-0.25, -0.2) is 0 Å². The van der Waals surface area contributed by atoms with Crippen LogP contribution >= 0.6 is 0 Å². The molecule has 0 saturated heterocycles. The van der Waals surface area contributed by atoms with Crippen molar-refractivity contribution < 1.29 is 4.79 Å². The van der Waals surface area contributed by atoms with Gasteiger partial charge in [0.1, 0.15) is 5.69 Å². The lowest BCUT2D eigenvalue weighted by molar-refractivity contribution is 0.102. The van der Waals surface area contributed by atoms with Crippen LogP contribution in [0.1, 0.15) is 28.4 Å². The number of carbonyl (C=O) groups is 1. The Balaban J connectivity index is 1.51. The third-order valence-corrected chi connectivity index (χ3v) is 4.21. The van der Waals surface area contributed by atoms with Crippen LogP contribution in [-0.4, -0.2) is 16.9 Å². The average Bonchev–Trinajstić information content (AvgIpc) is 3.11. The molecule has 1 fully saturated rings. The van der Waals surface area contributed by atoms with E-state index in [1.165, 1.54) is 5.56 Å². The van der Waals surface area contributed by atoms with Gasteiger partial charge in [0.15, 0.2) is 0 Å². The highest BCUT2D eigenvalue weighted by Gasteiger charge is 2.34. The van der Waals surface area contributed by atoms with Crippen LogP contribution in [0, 0.1) is 0 Å². The molecule has 0 spiro atoms. The smallest absolute Gasteiger partial charge is 0.272 e. The van der Waals surface area contributed by atoms with Crippen molar-refractivity contribution in [2.75, 3.05) is 5.32 Å². The summed E-state index contributed by atoms with van der Waals surface area (Å²) in [6.07, 6.45) is 1.06. The van der Waals surface area contributed by atoms with E-state index in [9.17, 15) is 4.79 Å². The maximum absolute atomic E-state index is 12.3. The number of aromatic amines is 1. The largest absolute Gasteiger partial charge is 0.351 e. The summed E-state index contributed by atoms with van der Waals surface area (Å²) in [5.74, 6) is 0.352. The number of rotatable bonds is 3. The molecule has 1 heterocycles. The first-order valence-corrected chi connectivity index (χ1v) is 7.45. The van der Waals surface area contributed by atoms with Gasteiger partial charge >= 0.3 is 0 Å². The lowest BCUT2D eigenvalue weighted by atomic mass is 10.1. The second kappa shape index (κ2) is 5.00. The summed E-state index contributed by atoms with van der Waals surface area (Å²) >= 11 is 0. The van der Waals surface area contributed by atoms with E-state index < -0.39 is 0 Å². The van der Waals surface area contributed by atoms with Gasteiger partial charge in [-0.3, -0.25) is 4.79 Å². The van der Waals surface area contributed by atoms with Crippen LogP contribution in [-0.2, 0) is 0 Å². The molecule has 4 N–H and O–H groups in total. The molecule has 1 aliphatic rings. The Kier molecular flexibility index (Phi) is 2.98. The van der Waals surface area contributed by atoms with E-state index in [2.05, 4.69) is 10.3 Å². The minimum atomic E-state index is -0.132. The third kappa shape index (κ3) is 2.38. The van der Waals surface area contributed by atoms with Crippen molar-refractivity contribution in [2.24, 2.45) is 5.73 Å². The summed E-state index contributed by atoms with van der Waals surface area (Å²) in [5.41, 5.74) is 9.42. The van der Waals surface area contributed by atoms with Crippen molar-refractivity contribution in [3.63, 3.8) is 0 Å². The van der Waals surface area contributed by atoms with Gasteiger partial charge in [0.2, 0.25) is 0 Å². The Bertz CT molecular complexity index is 802. The first-order valence-electron chi connectivity index (χ1n) is 7.45. The number of amides is 1. The molecule has 110 valence electrons. The highest BCUT2D eigenvalue weighted by molar-refractivity contribution is 6.05. The molecule has 4 nitrogen and oxygen atoms in total. The maximum atomic E-state index is 12.3. The van der Waals surface area contributed by atoms with Crippen molar-refractivity contribution in [3.8, 4) is 0 Å². The molecule has 4 heteroatoms. The zero-order valence-corrected chi connectivity index (χ0v) is 12.0. The molecule has 1 amide bonds. The third-order valence-electron chi connectivity index (χ3n) is 4.21. The number of nitrogens with one attached hydrogen (secondary N) is 2. The van der Waals surface area contributed by atoms with Gasteiger partial charge in [0, 0.05) is 28.6 Å². The van der Waals surface area contributed by atoms with E-state index in [1.54, 1.807) is 0 Å². The molecule has 0 unspecified atom stereocenters. The Morgan fingerprint density at radius 3 is 2.55 bits per heavy atom. The van der Waals surface area contributed by atoms with Crippen LogP contribution in [0.25, 0.3) is 10.9 Å². The van der Waals surface area contributed by atoms with Crippen molar-refractivity contribution >= 4 is 22.5 Å². The van der Waals surface area contributed by atoms with E-state index in [-0.39, 0.29) is 5.91 Å². The van der Waals surface area contributed by atoms with Gasteiger partial charge in [-0.2, -0.15) is 0 Å². The topological polar surface area (TPSA) is 70.9 Å². The molecular formula is C18H17N3O. The molecule has 0 radical (unpaired) electrons. The number of para-hydroxylation sites is 1. The van der Waals surface area contributed by atoms with Crippen LogP contribution in [0.15, 0.2) is 54.6 Å². The molecule has 2 atom stereocenters. The highest BCUT2D eigenvalue weighted by atomic mass is 16.1. The van der Waals surface area contributed by atoms with Crippen LogP contribution in [0.5, 0.6) is 0 Å². The van der Waals surface area contributed by atoms with Gasteiger partial charge < -0.3 is 16.0 Å². The Labute approximate surface area is 128 Å². The summed E-state index contributed by atoms with van der Waals surface area (Å²) in [7, 11) is 0. The van der Waals surface area contributed by atoms with E-state index in [0.29, 0.717) is 17.7 Å². The van der Waals surface area contributed by atoms with Crippen LogP contribution in [0.2, 0.25) is 0 Å². The zero-order chi connectivity index (χ0) is 15.1. The van der Waals surface area contributed by atoms with Gasteiger partial charge in [0.05, 0.1) is 0 Å².